The lowest BCUT2D eigenvalue weighted by molar-refractivity contribution is -0.120. The summed E-state index contributed by atoms with van der Waals surface area (Å²) in [5, 5.41) is 2.94. The normalized spacial score (nSPS) is 10.6. The Morgan fingerprint density at radius 2 is 1.50 bits per heavy atom. The Bertz CT molecular complexity index is 718. The van der Waals surface area contributed by atoms with Crippen LogP contribution in [-0.4, -0.2) is 25.5 Å². The van der Waals surface area contributed by atoms with Gasteiger partial charge in [-0.15, -0.1) is 0 Å². The van der Waals surface area contributed by atoms with Gasteiger partial charge in [-0.2, -0.15) is 0 Å². The molecule has 0 spiro atoms. The highest BCUT2D eigenvalue weighted by Gasteiger charge is 2.06. The standard InChI is InChI=1S/C22H27NO3/c1-16(2)14-18-4-6-19(7-5-18)15-21(24)23-13-12-17-8-10-20(11-9-17)22(25)26-3/h4-11,16H,12-15H2,1-3H3,(H,23,24). The van der Waals surface area contributed by atoms with Gasteiger partial charge in [-0.25, -0.2) is 4.79 Å². The largest absolute Gasteiger partial charge is 0.465 e. The smallest absolute Gasteiger partial charge is 0.337 e. The number of carbonyl (C=O) groups is 2. The van der Waals surface area contributed by atoms with E-state index in [1.54, 1.807) is 12.1 Å². The summed E-state index contributed by atoms with van der Waals surface area (Å²) >= 11 is 0. The second kappa shape index (κ2) is 9.76. The van der Waals surface area contributed by atoms with Gasteiger partial charge in [-0.1, -0.05) is 50.2 Å². The first-order valence-electron chi connectivity index (χ1n) is 8.99. The summed E-state index contributed by atoms with van der Waals surface area (Å²) in [6, 6.07) is 15.5. The molecule has 0 aromatic heterocycles. The maximum atomic E-state index is 12.1. The van der Waals surface area contributed by atoms with Crippen LogP contribution in [0.1, 0.15) is 40.9 Å². The molecule has 0 unspecified atom stereocenters. The van der Waals surface area contributed by atoms with Crippen molar-refractivity contribution in [2.24, 2.45) is 5.92 Å². The lowest BCUT2D eigenvalue weighted by Gasteiger charge is -2.08. The molecule has 0 saturated carbocycles. The number of carbonyl (C=O) groups excluding carboxylic acids is 2. The predicted molar refractivity (Wildman–Crippen MR) is 103 cm³/mol. The van der Waals surface area contributed by atoms with Crippen LogP contribution in [0.4, 0.5) is 0 Å². The minimum atomic E-state index is -0.343. The molecule has 0 atom stereocenters. The van der Waals surface area contributed by atoms with Crippen LogP contribution in [0.2, 0.25) is 0 Å². The first-order valence-corrected chi connectivity index (χ1v) is 8.99. The van der Waals surface area contributed by atoms with Crippen molar-refractivity contribution in [2.45, 2.75) is 33.1 Å². The summed E-state index contributed by atoms with van der Waals surface area (Å²) in [6.07, 6.45) is 2.17. The van der Waals surface area contributed by atoms with E-state index in [9.17, 15) is 9.59 Å². The van der Waals surface area contributed by atoms with Gasteiger partial charge in [0.25, 0.3) is 0 Å². The Morgan fingerprint density at radius 3 is 2.08 bits per heavy atom. The lowest BCUT2D eigenvalue weighted by Crippen LogP contribution is -2.27. The first kappa shape index (κ1) is 19.7. The topological polar surface area (TPSA) is 55.4 Å². The molecule has 0 fully saturated rings. The summed E-state index contributed by atoms with van der Waals surface area (Å²) in [5.41, 5.74) is 3.93. The maximum Gasteiger partial charge on any atom is 0.337 e. The molecule has 0 bridgehead atoms. The Labute approximate surface area is 155 Å². The molecule has 0 heterocycles. The quantitative estimate of drug-likeness (QED) is 0.738. The number of esters is 1. The number of benzene rings is 2. The Hall–Kier alpha value is -2.62. The number of hydrogen-bond acceptors (Lipinski definition) is 3. The molecule has 2 rings (SSSR count). The zero-order chi connectivity index (χ0) is 18.9. The van der Waals surface area contributed by atoms with E-state index in [0.29, 0.717) is 24.4 Å². The van der Waals surface area contributed by atoms with Crippen LogP contribution in [0.5, 0.6) is 0 Å². The maximum absolute atomic E-state index is 12.1. The van der Waals surface area contributed by atoms with Gasteiger partial charge < -0.3 is 10.1 Å². The molecule has 0 radical (unpaired) electrons. The van der Waals surface area contributed by atoms with E-state index in [4.69, 9.17) is 0 Å². The third-order valence-electron chi connectivity index (χ3n) is 4.14. The Morgan fingerprint density at radius 1 is 0.923 bits per heavy atom. The molecule has 0 aliphatic carbocycles. The molecule has 4 nitrogen and oxygen atoms in total. The third-order valence-corrected chi connectivity index (χ3v) is 4.14. The van der Waals surface area contributed by atoms with Crippen LogP contribution in [0, 0.1) is 5.92 Å². The van der Waals surface area contributed by atoms with Gasteiger partial charge >= 0.3 is 5.97 Å². The highest BCUT2D eigenvalue weighted by atomic mass is 16.5. The molecular formula is C22H27NO3. The van der Waals surface area contributed by atoms with Crippen LogP contribution in [0.15, 0.2) is 48.5 Å². The van der Waals surface area contributed by atoms with Crippen molar-refractivity contribution in [3.8, 4) is 0 Å². The summed E-state index contributed by atoms with van der Waals surface area (Å²) in [6.45, 7) is 4.97. The summed E-state index contributed by atoms with van der Waals surface area (Å²) in [7, 11) is 1.36. The molecule has 138 valence electrons. The van der Waals surface area contributed by atoms with Gasteiger partial charge in [0.15, 0.2) is 0 Å². The number of hydrogen-bond donors (Lipinski definition) is 1. The molecule has 1 amide bonds. The monoisotopic (exact) mass is 353 g/mol. The van der Waals surface area contributed by atoms with Crippen molar-refractivity contribution >= 4 is 11.9 Å². The van der Waals surface area contributed by atoms with E-state index in [1.807, 2.05) is 24.3 Å². The second-order valence-electron chi connectivity index (χ2n) is 6.88. The van der Waals surface area contributed by atoms with Gasteiger partial charge in [0.2, 0.25) is 5.91 Å². The molecular weight excluding hydrogens is 326 g/mol. The molecule has 2 aromatic rings. The van der Waals surface area contributed by atoms with E-state index < -0.39 is 0 Å². The third kappa shape index (κ3) is 6.36. The SMILES string of the molecule is COC(=O)c1ccc(CCNC(=O)Cc2ccc(CC(C)C)cc2)cc1. The van der Waals surface area contributed by atoms with Crippen molar-refractivity contribution in [1.29, 1.82) is 0 Å². The fourth-order valence-electron chi connectivity index (χ4n) is 2.78. The summed E-state index contributed by atoms with van der Waals surface area (Å²) < 4.78 is 4.68. The van der Waals surface area contributed by atoms with Crippen molar-refractivity contribution in [3.63, 3.8) is 0 Å². The Balaban J connectivity index is 1.75. The fourth-order valence-corrected chi connectivity index (χ4v) is 2.78. The van der Waals surface area contributed by atoms with Crippen LogP contribution in [-0.2, 0) is 28.8 Å². The van der Waals surface area contributed by atoms with Crippen LogP contribution >= 0.6 is 0 Å². The van der Waals surface area contributed by atoms with Gasteiger partial charge in [0.05, 0.1) is 19.1 Å². The average Bonchev–Trinajstić information content (AvgIpc) is 2.63. The van der Waals surface area contributed by atoms with Gasteiger partial charge in [-0.05, 0) is 47.6 Å². The molecule has 0 aliphatic rings. The van der Waals surface area contributed by atoms with Crippen molar-refractivity contribution < 1.29 is 14.3 Å². The second-order valence-corrected chi connectivity index (χ2v) is 6.88. The van der Waals surface area contributed by atoms with Gasteiger partial charge in [-0.3, -0.25) is 4.79 Å². The van der Waals surface area contributed by atoms with E-state index in [1.165, 1.54) is 12.7 Å². The minimum absolute atomic E-state index is 0.0211. The van der Waals surface area contributed by atoms with Crippen LogP contribution < -0.4 is 5.32 Å². The zero-order valence-corrected chi connectivity index (χ0v) is 15.7. The predicted octanol–water partition coefficient (Wildman–Crippen LogP) is 3.57. The van der Waals surface area contributed by atoms with Crippen LogP contribution in [0.3, 0.4) is 0 Å². The van der Waals surface area contributed by atoms with E-state index in [2.05, 4.69) is 36.0 Å². The molecule has 4 heteroatoms. The summed E-state index contributed by atoms with van der Waals surface area (Å²) in [4.78, 5) is 23.5. The minimum Gasteiger partial charge on any atom is -0.465 e. The number of methoxy groups -OCH3 is 1. The number of nitrogens with one attached hydrogen (secondary N) is 1. The number of amides is 1. The number of ether oxygens (including phenoxy) is 1. The molecule has 0 aliphatic heterocycles. The van der Waals surface area contributed by atoms with Crippen molar-refractivity contribution in [2.75, 3.05) is 13.7 Å². The molecule has 1 N–H and O–H groups in total. The average molecular weight is 353 g/mol. The lowest BCUT2D eigenvalue weighted by atomic mass is 10.0. The molecule has 0 saturated heterocycles. The van der Waals surface area contributed by atoms with Gasteiger partial charge in [0.1, 0.15) is 0 Å². The summed E-state index contributed by atoms with van der Waals surface area (Å²) in [5.74, 6) is 0.308. The highest BCUT2D eigenvalue weighted by Crippen LogP contribution is 2.10. The Kier molecular flexibility index (Phi) is 7.39. The number of rotatable bonds is 8. The fraction of sp³-hybridized carbons (Fsp3) is 0.364. The van der Waals surface area contributed by atoms with Gasteiger partial charge in [0, 0.05) is 6.54 Å². The zero-order valence-electron chi connectivity index (χ0n) is 15.7. The van der Waals surface area contributed by atoms with E-state index >= 15 is 0 Å². The molecule has 26 heavy (non-hydrogen) atoms. The van der Waals surface area contributed by atoms with E-state index in [0.717, 1.165) is 24.0 Å². The van der Waals surface area contributed by atoms with Crippen molar-refractivity contribution in [1.82, 2.24) is 5.32 Å². The van der Waals surface area contributed by atoms with Crippen molar-refractivity contribution in [3.05, 3.63) is 70.8 Å². The first-order chi connectivity index (χ1) is 12.5. The van der Waals surface area contributed by atoms with Crippen LogP contribution in [0.25, 0.3) is 0 Å². The van der Waals surface area contributed by atoms with E-state index in [-0.39, 0.29) is 11.9 Å². The highest BCUT2D eigenvalue weighted by molar-refractivity contribution is 5.89. The molecule has 2 aromatic carbocycles.